The number of hydrogen-bond donors (Lipinski definition) is 0. The van der Waals surface area contributed by atoms with Crippen LogP contribution >= 0.6 is 0 Å². The van der Waals surface area contributed by atoms with Gasteiger partial charge in [0.15, 0.2) is 0 Å². The van der Waals surface area contributed by atoms with Gasteiger partial charge in [-0.05, 0) is 288 Å². The van der Waals surface area contributed by atoms with E-state index in [1.54, 1.807) is 21.3 Å². The molecular formula is C116H234O10Si5. The topological polar surface area (TPSA) is 92.3 Å². The summed E-state index contributed by atoms with van der Waals surface area (Å²) in [6, 6.07) is 57.4. The fraction of sp³-hybridized carbons (Fsp3) is 0.741. The molecule has 0 bridgehead atoms. The van der Waals surface area contributed by atoms with E-state index in [9.17, 15) is 0 Å². The van der Waals surface area contributed by atoms with Gasteiger partial charge in [-0.2, -0.15) is 0 Å². The highest BCUT2D eigenvalue weighted by atomic mass is 28.2. The van der Waals surface area contributed by atoms with Crippen LogP contribution in [0.15, 0.2) is 152 Å². The van der Waals surface area contributed by atoms with Crippen molar-refractivity contribution in [3.8, 4) is 28.7 Å². The maximum absolute atomic E-state index is 6.04. The number of rotatable bonds is 24. The number of ether oxygens (including phenoxy) is 10. The van der Waals surface area contributed by atoms with Gasteiger partial charge in [-0.1, -0.05) is 336 Å². The number of benzene rings is 5. The maximum atomic E-state index is 6.04. The van der Waals surface area contributed by atoms with Crippen molar-refractivity contribution in [3.05, 3.63) is 152 Å². The zero-order valence-corrected chi connectivity index (χ0v) is 107. The van der Waals surface area contributed by atoms with Gasteiger partial charge in [-0.3, -0.25) is 0 Å². The minimum atomic E-state index is -0.0959. The lowest BCUT2D eigenvalue weighted by molar-refractivity contribution is -0.0232. The highest BCUT2D eigenvalue weighted by Gasteiger charge is 2.32. The van der Waals surface area contributed by atoms with Crippen molar-refractivity contribution >= 4 is 51.2 Å². The van der Waals surface area contributed by atoms with Crippen LogP contribution in [0.2, 0.25) is 30.2 Å². The largest absolute Gasteiger partial charge is 0.488 e. The van der Waals surface area contributed by atoms with Gasteiger partial charge in [0.1, 0.15) is 56.8 Å². The van der Waals surface area contributed by atoms with Crippen LogP contribution in [0.25, 0.3) is 0 Å². The first kappa shape index (κ1) is 150. The summed E-state index contributed by atoms with van der Waals surface area (Å²) >= 11 is 0. The Kier molecular flexibility index (Phi) is 115. The third-order valence-corrected chi connectivity index (χ3v) is 26.4. The molecule has 0 saturated heterocycles. The number of hydrogen-bond acceptors (Lipinski definition) is 10. The summed E-state index contributed by atoms with van der Waals surface area (Å²) in [6.45, 7) is 77.5. The molecule has 0 aliphatic heterocycles. The lowest BCUT2D eigenvalue weighted by Gasteiger charge is -2.34. The van der Waals surface area contributed by atoms with Crippen LogP contribution in [0.5, 0.6) is 28.7 Å². The van der Waals surface area contributed by atoms with Gasteiger partial charge >= 0.3 is 0 Å². The highest BCUT2D eigenvalue weighted by Crippen LogP contribution is 2.36. The molecule has 0 spiro atoms. The van der Waals surface area contributed by atoms with E-state index >= 15 is 0 Å². The molecule has 0 amide bonds. The Morgan fingerprint density at radius 3 is 0.588 bits per heavy atom. The van der Waals surface area contributed by atoms with Crippen molar-refractivity contribution in [1.29, 1.82) is 0 Å². The van der Waals surface area contributed by atoms with E-state index < -0.39 is 0 Å². The average molecular weight is 1930 g/mol. The Hall–Kier alpha value is -4.02. The molecule has 10 nitrogen and oxygen atoms in total. The van der Waals surface area contributed by atoms with Crippen LogP contribution in [0.3, 0.4) is 0 Å². The molecule has 4 aliphatic carbocycles. The predicted molar refractivity (Wildman–Crippen MR) is 615 cm³/mol. The van der Waals surface area contributed by atoms with Crippen LogP contribution in [0.1, 0.15) is 442 Å². The zero-order chi connectivity index (χ0) is 104. The Balaban J connectivity index is -0.000000132. The lowest BCUT2D eigenvalue weighted by Crippen LogP contribution is -2.34. The Morgan fingerprint density at radius 1 is 0.237 bits per heavy atom. The maximum Gasteiger partial charge on any atom is 0.120 e. The van der Waals surface area contributed by atoms with Gasteiger partial charge in [0.25, 0.3) is 0 Å². The van der Waals surface area contributed by atoms with Gasteiger partial charge in [0, 0.05) is 86.8 Å². The van der Waals surface area contributed by atoms with Crippen molar-refractivity contribution < 1.29 is 47.4 Å². The second-order valence-corrected chi connectivity index (χ2v) is 42.9. The van der Waals surface area contributed by atoms with Gasteiger partial charge in [0.2, 0.25) is 0 Å². The molecular weight excluding hydrogens is 1690 g/mol. The van der Waals surface area contributed by atoms with Crippen molar-refractivity contribution in [2.45, 2.75) is 529 Å². The van der Waals surface area contributed by atoms with Gasteiger partial charge in [-0.15, -0.1) is 0 Å². The smallest absolute Gasteiger partial charge is 0.120 e. The number of para-hydroxylation sites is 5. The standard InChI is InChI=1S/C13H18O.C12H16O.C12H18O.C11H16O.C10H14O.C8H16O.C7H14O.C7H16O.C6H14O.C5H12O.5C3H10Si.5C2H6/c1-13(10-6-3-7-11-13)14-12-8-4-2-5-9-12;1-12(9-5-6-10-12)13-11-7-3-2-4-8-11;1-4-10-12(2,3)13-11-8-6-5-7-9-11;1-4-11(2,3)12-10-8-6-5-7-9-10;1-10(2,3)11-9-7-5-4-6-8-9;1-8(9-2)6-4-3-5-7-8;1-7(8-2)5-3-4-6-7;1-5-6-7(2,3)8-4;1-5-6(2,3)7-4;1-5(2,3)6-4;5*1-2-3-4;5*1-2/h2,4-5,8-9H,3,6-7,10-11H2,1H3;2-4,7-8H,5-6,9-10H2,1H3;5-9H,4,10H2,1-3H3;5-9H,4H2,1-3H3;4-8H,1-3H3;3-7H2,1-2H3;3-6H2,1-2H3;5-6H2,1-4H3;5H2,1-4H3;1-4H3;5*2-3H2,1,4H3;5*1-2H3. The van der Waals surface area contributed by atoms with E-state index in [0.717, 1.165) is 60.9 Å². The fourth-order valence-electron chi connectivity index (χ4n) is 11.0. The molecule has 4 fully saturated rings. The third kappa shape index (κ3) is 110. The van der Waals surface area contributed by atoms with E-state index in [1.807, 2.05) is 277 Å². The second-order valence-electron chi connectivity index (χ2n) is 37.9. The Bertz CT molecular complexity index is 2850. The monoisotopic (exact) mass is 1930 g/mol. The van der Waals surface area contributed by atoms with Crippen molar-refractivity contribution in [3.63, 3.8) is 0 Å². The van der Waals surface area contributed by atoms with Crippen LogP contribution in [-0.2, 0) is 23.7 Å². The van der Waals surface area contributed by atoms with Gasteiger partial charge in [0.05, 0.1) is 28.0 Å². The molecule has 0 N–H and O–H groups in total. The Labute approximate surface area is 837 Å². The Morgan fingerprint density at radius 2 is 0.427 bits per heavy atom. The SMILES string of the molecule is CC.CC.CC.CC.CC.CC(C)(C)Oc1ccccc1.CC1(Oc2ccccc2)CCCC1.CC1(Oc2ccccc2)CCCCC1.CCC(C)(C)OC.CCC(C)(C)Oc1ccccc1.CCCC(C)(C)OC.CCCC(C)(C)Oc1ccccc1.CCC[SiH3].CCC[SiH3].CCC[SiH3].CCC[SiH3].CCC[SiH3].COC(C)(C)C.COC1(C)CCCC1.COC1(C)CCCCC1. The molecule has 0 radical (unpaired) electrons. The summed E-state index contributed by atoms with van der Waals surface area (Å²) < 4.78 is 55.1. The molecule has 0 aromatic heterocycles. The van der Waals surface area contributed by atoms with E-state index in [0.29, 0.717) is 0 Å². The number of methoxy groups -OCH3 is 5. The van der Waals surface area contributed by atoms with Crippen LogP contribution in [0, 0.1) is 0 Å². The first-order valence-electron chi connectivity index (χ1n) is 53.3. The summed E-state index contributed by atoms with van der Waals surface area (Å²) in [5.41, 5.74) is 0.659. The van der Waals surface area contributed by atoms with Crippen LogP contribution in [0.4, 0.5) is 0 Å². The quantitative estimate of drug-likeness (QED) is 0.0556. The molecule has 5 aromatic rings. The zero-order valence-electron chi connectivity index (χ0n) is 97.1. The minimum Gasteiger partial charge on any atom is -0.488 e. The molecule has 4 saturated carbocycles. The lowest BCUT2D eigenvalue weighted by atomic mass is 9.86. The summed E-state index contributed by atoms with van der Waals surface area (Å²) in [7, 11) is 15.8. The van der Waals surface area contributed by atoms with Crippen LogP contribution in [-0.4, -0.2) is 143 Å². The van der Waals surface area contributed by atoms with Crippen LogP contribution < -0.4 is 23.7 Å². The fourth-order valence-corrected chi connectivity index (χ4v) is 11.0. The molecule has 5 aromatic carbocycles. The molecule has 4 aliphatic rings. The highest BCUT2D eigenvalue weighted by molar-refractivity contribution is 6.09. The van der Waals surface area contributed by atoms with Crippen molar-refractivity contribution in [1.82, 2.24) is 0 Å². The first-order valence-corrected chi connectivity index (χ1v) is 60.4. The average Bonchev–Trinajstić information content (AvgIpc) is 1.84. The van der Waals surface area contributed by atoms with E-state index in [2.05, 4.69) is 145 Å². The molecule has 0 atom stereocenters. The summed E-state index contributed by atoms with van der Waals surface area (Å²) in [6.07, 6.45) is 36.8. The molecule has 15 heteroatoms. The molecule has 9 rings (SSSR count). The third-order valence-electron chi connectivity index (χ3n) is 21.4. The molecule has 0 heterocycles. The van der Waals surface area contributed by atoms with Gasteiger partial charge in [-0.25, -0.2) is 0 Å². The van der Waals surface area contributed by atoms with Crippen molar-refractivity contribution in [2.75, 3.05) is 35.5 Å². The van der Waals surface area contributed by atoms with E-state index in [-0.39, 0.29) is 56.0 Å². The summed E-state index contributed by atoms with van der Waals surface area (Å²) in [5, 5.41) is 0. The second kappa shape index (κ2) is 100. The normalized spacial score (nSPS) is 14.1. The van der Waals surface area contributed by atoms with Gasteiger partial charge < -0.3 is 47.4 Å². The molecule has 131 heavy (non-hydrogen) atoms. The summed E-state index contributed by atoms with van der Waals surface area (Å²) in [5.74, 6) is 4.86. The van der Waals surface area contributed by atoms with E-state index in [1.165, 1.54) is 236 Å². The summed E-state index contributed by atoms with van der Waals surface area (Å²) in [4.78, 5) is 0. The minimum absolute atomic E-state index is 0.0417. The molecule has 778 valence electrons. The predicted octanol–water partition coefficient (Wildman–Crippen LogP) is 32.8. The van der Waals surface area contributed by atoms with E-state index in [4.69, 9.17) is 47.4 Å². The first-order chi connectivity index (χ1) is 61.8. The van der Waals surface area contributed by atoms with Crippen molar-refractivity contribution in [2.24, 2.45) is 0 Å². The molecule has 0 unspecified atom stereocenters.